The van der Waals surface area contributed by atoms with Crippen LogP contribution in [0.2, 0.25) is 0 Å². The van der Waals surface area contributed by atoms with Crippen molar-refractivity contribution in [2.75, 3.05) is 5.32 Å². The summed E-state index contributed by atoms with van der Waals surface area (Å²) >= 11 is 0. The zero-order chi connectivity index (χ0) is 18.0. The van der Waals surface area contributed by atoms with E-state index in [0.717, 1.165) is 22.4 Å². The van der Waals surface area contributed by atoms with Crippen molar-refractivity contribution < 1.29 is 9.59 Å². The van der Waals surface area contributed by atoms with Crippen molar-refractivity contribution in [3.8, 4) is 0 Å². The molecule has 0 aliphatic heterocycles. The topological polar surface area (TPSA) is 101 Å². The third-order valence-corrected chi connectivity index (χ3v) is 3.93. The van der Waals surface area contributed by atoms with E-state index < -0.39 is 5.91 Å². The number of aromatic amines is 1. The Kier molecular flexibility index (Phi) is 4.52. The zero-order valence-electron chi connectivity index (χ0n) is 14.2. The summed E-state index contributed by atoms with van der Waals surface area (Å²) in [7, 11) is 0. The molecule has 1 aromatic heterocycles. The molecule has 0 unspecified atom stereocenters. The normalized spacial score (nSPS) is 11.0. The van der Waals surface area contributed by atoms with E-state index in [4.69, 9.17) is 5.73 Å². The molecule has 6 heteroatoms. The van der Waals surface area contributed by atoms with Crippen molar-refractivity contribution in [3.05, 3.63) is 59.4 Å². The predicted octanol–water partition coefficient (Wildman–Crippen LogP) is 2.97. The summed E-state index contributed by atoms with van der Waals surface area (Å²) in [6.07, 6.45) is 0.254. The summed E-state index contributed by atoms with van der Waals surface area (Å²) in [5.41, 5.74) is 8.96. The maximum Gasteiger partial charge on any atom is 0.248 e. The van der Waals surface area contributed by atoms with E-state index in [2.05, 4.69) is 29.1 Å². The monoisotopic (exact) mass is 336 g/mol. The number of imidazole rings is 1. The highest BCUT2D eigenvalue weighted by Gasteiger charge is 2.09. The number of H-pyrrole nitrogens is 1. The molecule has 0 aliphatic rings. The van der Waals surface area contributed by atoms with Crippen molar-refractivity contribution in [3.63, 3.8) is 0 Å². The van der Waals surface area contributed by atoms with Gasteiger partial charge in [0.2, 0.25) is 11.8 Å². The maximum absolute atomic E-state index is 12.2. The highest BCUT2D eigenvalue weighted by molar-refractivity contribution is 5.95. The van der Waals surface area contributed by atoms with Gasteiger partial charge in [-0.25, -0.2) is 4.98 Å². The highest BCUT2D eigenvalue weighted by atomic mass is 16.2. The fourth-order valence-corrected chi connectivity index (χ4v) is 2.57. The summed E-state index contributed by atoms with van der Waals surface area (Å²) in [6, 6.07) is 12.3. The number of fused-ring (bicyclic) bond motifs is 1. The molecule has 0 saturated carbocycles. The number of nitrogens with one attached hydrogen (secondary N) is 2. The first-order chi connectivity index (χ1) is 11.9. The molecule has 4 N–H and O–H groups in total. The Morgan fingerprint density at radius 2 is 1.88 bits per heavy atom. The summed E-state index contributed by atoms with van der Waals surface area (Å²) < 4.78 is 0. The molecule has 128 valence electrons. The SMILES string of the molecule is CC(C)c1nc2ccc(CC(=O)Nc3ccc(C(N)=O)cc3)cc2[nH]1. The molecule has 6 nitrogen and oxygen atoms in total. The largest absolute Gasteiger partial charge is 0.366 e. The number of aromatic nitrogens is 2. The number of hydrogen-bond acceptors (Lipinski definition) is 3. The molecule has 0 spiro atoms. The van der Waals surface area contributed by atoms with E-state index in [-0.39, 0.29) is 12.3 Å². The van der Waals surface area contributed by atoms with Gasteiger partial charge in [0.15, 0.2) is 0 Å². The van der Waals surface area contributed by atoms with Crippen LogP contribution in [0.1, 0.15) is 41.5 Å². The van der Waals surface area contributed by atoms with E-state index in [9.17, 15) is 9.59 Å². The van der Waals surface area contributed by atoms with Gasteiger partial charge in [0.25, 0.3) is 0 Å². The molecule has 3 rings (SSSR count). The number of rotatable bonds is 5. The number of hydrogen-bond donors (Lipinski definition) is 3. The van der Waals surface area contributed by atoms with E-state index in [0.29, 0.717) is 17.2 Å². The zero-order valence-corrected chi connectivity index (χ0v) is 14.2. The molecule has 0 saturated heterocycles. The maximum atomic E-state index is 12.2. The standard InChI is InChI=1S/C19H20N4O2/c1-11(2)19-22-15-8-3-12(9-16(15)23-19)10-17(24)21-14-6-4-13(5-7-14)18(20)25/h3-9,11H,10H2,1-2H3,(H2,20,25)(H,21,24)(H,22,23). The van der Waals surface area contributed by atoms with Crippen LogP contribution in [0.3, 0.4) is 0 Å². The number of carbonyl (C=O) groups excluding carboxylic acids is 2. The van der Waals surface area contributed by atoms with Crippen molar-refractivity contribution >= 4 is 28.5 Å². The molecule has 0 radical (unpaired) electrons. The lowest BCUT2D eigenvalue weighted by atomic mass is 10.1. The van der Waals surface area contributed by atoms with Crippen LogP contribution in [0.5, 0.6) is 0 Å². The van der Waals surface area contributed by atoms with E-state index in [1.54, 1.807) is 24.3 Å². The van der Waals surface area contributed by atoms with Gasteiger partial charge in [-0.2, -0.15) is 0 Å². The Morgan fingerprint density at radius 3 is 2.52 bits per heavy atom. The molecule has 2 amide bonds. The third-order valence-electron chi connectivity index (χ3n) is 3.93. The average Bonchev–Trinajstić information content (AvgIpc) is 2.99. The van der Waals surface area contributed by atoms with Crippen LogP contribution in [0.25, 0.3) is 11.0 Å². The first-order valence-corrected chi connectivity index (χ1v) is 8.10. The lowest BCUT2D eigenvalue weighted by Crippen LogP contribution is -2.15. The number of benzene rings is 2. The first-order valence-electron chi connectivity index (χ1n) is 8.10. The second-order valence-electron chi connectivity index (χ2n) is 6.29. The lowest BCUT2D eigenvalue weighted by Gasteiger charge is -2.06. The number of amides is 2. The Morgan fingerprint density at radius 1 is 1.16 bits per heavy atom. The van der Waals surface area contributed by atoms with Crippen LogP contribution in [0, 0.1) is 0 Å². The van der Waals surface area contributed by atoms with Crippen LogP contribution >= 0.6 is 0 Å². The Hall–Kier alpha value is -3.15. The Labute approximate surface area is 145 Å². The molecule has 3 aromatic rings. The minimum absolute atomic E-state index is 0.130. The van der Waals surface area contributed by atoms with Crippen molar-refractivity contribution in [1.29, 1.82) is 0 Å². The minimum atomic E-state index is -0.494. The van der Waals surface area contributed by atoms with Crippen molar-refractivity contribution in [1.82, 2.24) is 9.97 Å². The average molecular weight is 336 g/mol. The van der Waals surface area contributed by atoms with Gasteiger partial charge in [0.1, 0.15) is 5.82 Å². The van der Waals surface area contributed by atoms with Gasteiger partial charge < -0.3 is 16.0 Å². The fraction of sp³-hybridized carbons (Fsp3) is 0.211. The molecule has 0 bridgehead atoms. The summed E-state index contributed by atoms with van der Waals surface area (Å²) in [4.78, 5) is 31.1. The van der Waals surface area contributed by atoms with Crippen LogP contribution in [0.15, 0.2) is 42.5 Å². The minimum Gasteiger partial charge on any atom is -0.366 e. The number of primary amides is 1. The number of nitrogens with zero attached hydrogens (tertiary/aromatic N) is 1. The number of carbonyl (C=O) groups is 2. The molecule has 0 fully saturated rings. The smallest absolute Gasteiger partial charge is 0.248 e. The molecule has 2 aromatic carbocycles. The Bertz CT molecular complexity index is 926. The lowest BCUT2D eigenvalue weighted by molar-refractivity contribution is -0.115. The van der Waals surface area contributed by atoms with Gasteiger partial charge in [-0.05, 0) is 42.0 Å². The summed E-state index contributed by atoms with van der Waals surface area (Å²) in [5.74, 6) is 0.634. The van der Waals surface area contributed by atoms with Gasteiger partial charge in [-0.15, -0.1) is 0 Å². The molecule has 25 heavy (non-hydrogen) atoms. The van der Waals surface area contributed by atoms with E-state index in [1.807, 2.05) is 18.2 Å². The van der Waals surface area contributed by atoms with Gasteiger partial charge in [-0.1, -0.05) is 19.9 Å². The quantitative estimate of drug-likeness (QED) is 0.667. The van der Waals surface area contributed by atoms with Gasteiger partial charge in [0.05, 0.1) is 17.5 Å². The van der Waals surface area contributed by atoms with Crippen molar-refractivity contribution in [2.24, 2.45) is 5.73 Å². The number of anilines is 1. The van der Waals surface area contributed by atoms with Crippen molar-refractivity contribution in [2.45, 2.75) is 26.2 Å². The molecular formula is C19H20N4O2. The predicted molar refractivity (Wildman–Crippen MR) is 97.5 cm³/mol. The molecular weight excluding hydrogens is 316 g/mol. The van der Waals surface area contributed by atoms with Crippen LogP contribution in [-0.2, 0) is 11.2 Å². The van der Waals surface area contributed by atoms with Crippen LogP contribution in [-0.4, -0.2) is 21.8 Å². The van der Waals surface area contributed by atoms with Gasteiger partial charge >= 0.3 is 0 Å². The summed E-state index contributed by atoms with van der Waals surface area (Å²) in [6.45, 7) is 4.16. The van der Waals surface area contributed by atoms with Crippen LogP contribution in [0.4, 0.5) is 5.69 Å². The van der Waals surface area contributed by atoms with Gasteiger partial charge in [0, 0.05) is 17.2 Å². The first kappa shape index (κ1) is 16.7. The highest BCUT2D eigenvalue weighted by Crippen LogP contribution is 2.19. The fourth-order valence-electron chi connectivity index (χ4n) is 2.57. The second-order valence-corrected chi connectivity index (χ2v) is 6.29. The Balaban J connectivity index is 1.69. The van der Waals surface area contributed by atoms with E-state index >= 15 is 0 Å². The molecule has 0 atom stereocenters. The van der Waals surface area contributed by atoms with Gasteiger partial charge in [-0.3, -0.25) is 9.59 Å². The molecule has 1 heterocycles. The second kappa shape index (κ2) is 6.76. The summed E-state index contributed by atoms with van der Waals surface area (Å²) in [5, 5.41) is 2.81. The van der Waals surface area contributed by atoms with Crippen LogP contribution < -0.4 is 11.1 Å². The number of nitrogens with two attached hydrogens (primary N) is 1. The molecule has 0 aliphatic carbocycles. The van der Waals surface area contributed by atoms with E-state index in [1.165, 1.54) is 0 Å². The third kappa shape index (κ3) is 3.85.